The summed E-state index contributed by atoms with van der Waals surface area (Å²) in [5.74, 6) is 0.112. The molecule has 0 aromatic rings. The fourth-order valence-corrected chi connectivity index (χ4v) is 1.37. The van der Waals surface area contributed by atoms with Crippen LogP contribution in [0.3, 0.4) is 0 Å². The Hall–Kier alpha value is -0.370. The molecule has 0 fully saturated rings. The van der Waals surface area contributed by atoms with Crippen LogP contribution in [-0.2, 0) is 9.53 Å². The fourth-order valence-electron chi connectivity index (χ4n) is 1.37. The van der Waals surface area contributed by atoms with Gasteiger partial charge in [-0.3, -0.25) is 4.79 Å². The zero-order chi connectivity index (χ0) is 10.9. The SMILES string of the molecule is CC(=O)C(C)C(C)(C)OC(C)(C)C. The third-order valence-corrected chi connectivity index (χ3v) is 2.22. The van der Waals surface area contributed by atoms with E-state index < -0.39 is 0 Å². The monoisotopic (exact) mass is 186 g/mol. The molecule has 0 aromatic heterocycles. The van der Waals surface area contributed by atoms with Crippen molar-refractivity contribution in [3.63, 3.8) is 0 Å². The van der Waals surface area contributed by atoms with Gasteiger partial charge < -0.3 is 4.74 Å². The minimum absolute atomic E-state index is 0.0632. The number of carbonyl (C=O) groups is 1. The molecule has 0 saturated carbocycles. The third-order valence-electron chi connectivity index (χ3n) is 2.22. The molecule has 0 rings (SSSR count). The molecule has 13 heavy (non-hydrogen) atoms. The Morgan fingerprint density at radius 3 is 1.77 bits per heavy atom. The van der Waals surface area contributed by atoms with Gasteiger partial charge in [-0.25, -0.2) is 0 Å². The number of rotatable bonds is 3. The molecule has 2 heteroatoms. The summed E-state index contributed by atoms with van der Waals surface area (Å²) < 4.78 is 5.83. The zero-order valence-corrected chi connectivity index (χ0v) is 9.89. The summed E-state index contributed by atoms with van der Waals surface area (Å²) >= 11 is 0. The molecule has 0 spiro atoms. The Morgan fingerprint density at radius 2 is 1.54 bits per heavy atom. The summed E-state index contributed by atoms with van der Waals surface area (Å²) in [6, 6.07) is 0. The van der Waals surface area contributed by atoms with Gasteiger partial charge in [0.05, 0.1) is 11.2 Å². The van der Waals surface area contributed by atoms with Crippen molar-refractivity contribution in [2.45, 2.75) is 59.7 Å². The van der Waals surface area contributed by atoms with Crippen molar-refractivity contribution in [3.05, 3.63) is 0 Å². The molecule has 1 unspecified atom stereocenters. The average Bonchev–Trinajstić information content (AvgIpc) is 1.80. The molecule has 0 aliphatic carbocycles. The van der Waals surface area contributed by atoms with E-state index in [-0.39, 0.29) is 22.9 Å². The smallest absolute Gasteiger partial charge is 0.135 e. The van der Waals surface area contributed by atoms with E-state index in [0.29, 0.717) is 0 Å². The lowest BCUT2D eigenvalue weighted by atomic mass is 9.88. The van der Waals surface area contributed by atoms with Crippen LogP contribution in [0.25, 0.3) is 0 Å². The van der Waals surface area contributed by atoms with Gasteiger partial charge in [0.2, 0.25) is 0 Å². The Bertz CT molecular complexity index is 187. The largest absolute Gasteiger partial charge is 0.369 e. The Morgan fingerprint density at radius 1 is 1.15 bits per heavy atom. The van der Waals surface area contributed by atoms with Gasteiger partial charge in [-0.15, -0.1) is 0 Å². The van der Waals surface area contributed by atoms with E-state index in [0.717, 1.165) is 0 Å². The van der Waals surface area contributed by atoms with Crippen molar-refractivity contribution in [3.8, 4) is 0 Å². The second kappa shape index (κ2) is 3.79. The first-order valence-electron chi connectivity index (χ1n) is 4.77. The van der Waals surface area contributed by atoms with Gasteiger partial charge in [0.15, 0.2) is 0 Å². The summed E-state index contributed by atoms with van der Waals surface area (Å²) in [7, 11) is 0. The quantitative estimate of drug-likeness (QED) is 0.677. The molecular formula is C11H22O2. The lowest BCUT2D eigenvalue weighted by molar-refractivity contribution is -0.153. The van der Waals surface area contributed by atoms with Gasteiger partial charge in [-0.2, -0.15) is 0 Å². The number of ether oxygens (including phenoxy) is 1. The van der Waals surface area contributed by atoms with Crippen molar-refractivity contribution < 1.29 is 9.53 Å². The highest BCUT2D eigenvalue weighted by Crippen LogP contribution is 2.27. The van der Waals surface area contributed by atoms with Gasteiger partial charge in [-0.1, -0.05) is 6.92 Å². The van der Waals surface area contributed by atoms with E-state index >= 15 is 0 Å². The first kappa shape index (κ1) is 12.6. The van der Waals surface area contributed by atoms with Gasteiger partial charge in [0, 0.05) is 5.92 Å². The van der Waals surface area contributed by atoms with Crippen molar-refractivity contribution in [1.29, 1.82) is 0 Å². The van der Waals surface area contributed by atoms with Crippen molar-refractivity contribution in [1.82, 2.24) is 0 Å². The van der Waals surface area contributed by atoms with E-state index in [1.54, 1.807) is 6.92 Å². The molecule has 0 saturated heterocycles. The molecule has 78 valence electrons. The maximum atomic E-state index is 11.2. The van der Waals surface area contributed by atoms with Crippen LogP contribution in [0.15, 0.2) is 0 Å². The van der Waals surface area contributed by atoms with Crippen LogP contribution in [-0.4, -0.2) is 17.0 Å². The van der Waals surface area contributed by atoms with Crippen LogP contribution in [0.4, 0.5) is 0 Å². The van der Waals surface area contributed by atoms with E-state index in [9.17, 15) is 4.79 Å². The highest BCUT2D eigenvalue weighted by atomic mass is 16.5. The normalized spacial score (nSPS) is 15.6. The molecule has 0 radical (unpaired) electrons. The van der Waals surface area contributed by atoms with Crippen LogP contribution >= 0.6 is 0 Å². The maximum Gasteiger partial charge on any atom is 0.135 e. The van der Waals surface area contributed by atoms with Crippen molar-refractivity contribution in [2.75, 3.05) is 0 Å². The van der Waals surface area contributed by atoms with E-state index in [1.807, 2.05) is 41.5 Å². The second-order valence-electron chi connectivity index (χ2n) is 5.15. The summed E-state index contributed by atoms with van der Waals surface area (Å²) in [5.41, 5.74) is -0.586. The molecule has 1 atom stereocenters. The highest BCUT2D eigenvalue weighted by molar-refractivity contribution is 5.79. The van der Waals surface area contributed by atoms with Crippen molar-refractivity contribution >= 4 is 5.78 Å². The van der Waals surface area contributed by atoms with Crippen LogP contribution in [0.5, 0.6) is 0 Å². The zero-order valence-electron chi connectivity index (χ0n) is 9.89. The molecule has 0 amide bonds. The number of carbonyl (C=O) groups excluding carboxylic acids is 1. The lowest BCUT2D eigenvalue weighted by Crippen LogP contribution is -2.42. The lowest BCUT2D eigenvalue weighted by Gasteiger charge is -2.37. The molecule has 0 aromatic carbocycles. The predicted molar refractivity (Wildman–Crippen MR) is 54.8 cm³/mol. The summed E-state index contributed by atoms with van der Waals surface area (Å²) in [6.07, 6.45) is 0. The van der Waals surface area contributed by atoms with Crippen LogP contribution in [0.1, 0.15) is 48.5 Å². The topological polar surface area (TPSA) is 26.3 Å². The number of hydrogen-bond acceptors (Lipinski definition) is 2. The predicted octanol–water partition coefficient (Wildman–Crippen LogP) is 2.81. The molecule has 0 aliphatic rings. The number of ketones is 1. The van der Waals surface area contributed by atoms with E-state index in [2.05, 4.69) is 0 Å². The number of Topliss-reactive ketones (excluding diaryl/α,β-unsaturated/α-hetero) is 1. The average molecular weight is 186 g/mol. The summed E-state index contributed by atoms with van der Waals surface area (Å²) in [5, 5.41) is 0. The van der Waals surface area contributed by atoms with Gasteiger partial charge in [0.25, 0.3) is 0 Å². The molecule has 0 heterocycles. The molecule has 0 aliphatic heterocycles. The summed E-state index contributed by atoms with van der Waals surface area (Å²) in [4.78, 5) is 11.2. The summed E-state index contributed by atoms with van der Waals surface area (Å²) in [6.45, 7) is 13.5. The van der Waals surface area contributed by atoms with E-state index in [1.165, 1.54) is 0 Å². The van der Waals surface area contributed by atoms with Gasteiger partial charge in [0.1, 0.15) is 5.78 Å². The van der Waals surface area contributed by atoms with Crippen molar-refractivity contribution in [2.24, 2.45) is 5.92 Å². The standard InChI is InChI=1S/C11H22O2/c1-8(9(2)12)11(6,7)13-10(3,4)5/h8H,1-7H3. The molecular weight excluding hydrogens is 164 g/mol. The van der Waals surface area contributed by atoms with E-state index in [4.69, 9.17) is 4.74 Å². The van der Waals surface area contributed by atoms with Crippen LogP contribution < -0.4 is 0 Å². The fraction of sp³-hybridized carbons (Fsp3) is 0.909. The minimum atomic E-state index is -0.385. The molecule has 2 nitrogen and oxygen atoms in total. The maximum absolute atomic E-state index is 11.2. The molecule has 0 N–H and O–H groups in total. The molecule has 0 bridgehead atoms. The van der Waals surface area contributed by atoms with Gasteiger partial charge >= 0.3 is 0 Å². The third kappa shape index (κ3) is 4.41. The second-order valence-corrected chi connectivity index (χ2v) is 5.15. The Labute approximate surface area is 81.7 Å². The van der Waals surface area contributed by atoms with Crippen LogP contribution in [0, 0.1) is 5.92 Å². The Kier molecular flexibility index (Phi) is 3.68. The van der Waals surface area contributed by atoms with Crippen LogP contribution in [0.2, 0.25) is 0 Å². The highest BCUT2D eigenvalue weighted by Gasteiger charge is 2.33. The minimum Gasteiger partial charge on any atom is -0.369 e. The first-order chi connectivity index (χ1) is 5.56. The van der Waals surface area contributed by atoms with Gasteiger partial charge in [-0.05, 0) is 41.5 Å². The first-order valence-corrected chi connectivity index (χ1v) is 4.77. The number of hydrogen-bond donors (Lipinski definition) is 0. The Balaban J connectivity index is 4.48.